The summed E-state index contributed by atoms with van der Waals surface area (Å²) in [5.41, 5.74) is -0.278. The van der Waals surface area contributed by atoms with Crippen molar-refractivity contribution in [2.45, 2.75) is 45.8 Å². The molecule has 1 fully saturated rings. The molecule has 10 heteroatoms. The Morgan fingerprint density at radius 1 is 1.11 bits per heavy atom. The van der Waals surface area contributed by atoms with Gasteiger partial charge in [-0.25, -0.2) is 4.39 Å². The summed E-state index contributed by atoms with van der Waals surface area (Å²) in [4.78, 5) is 42.9. The van der Waals surface area contributed by atoms with Gasteiger partial charge < -0.3 is 24.1 Å². The van der Waals surface area contributed by atoms with Crippen LogP contribution in [-0.2, 0) is 25.6 Å². The van der Waals surface area contributed by atoms with Crippen LogP contribution in [0.2, 0.25) is 0 Å². The molecule has 0 unspecified atom stereocenters. The lowest BCUT2D eigenvalue weighted by Gasteiger charge is -2.32. The second-order valence-electron chi connectivity index (χ2n) is 9.59. The zero-order chi connectivity index (χ0) is 26.3. The third-order valence-electron chi connectivity index (χ3n) is 5.47. The highest BCUT2D eigenvalue weighted by Crippen LogP contribution is 2.26. The first kappa shape index (κ1) is 27.3. The second kappa shape index (κ2) is 12.1. The Bertz CT molecular complexity index is 1040. The van der Waals surface area contributed by atoms with Gasteiger partial charge in [0.15, 0.2) is 5.76 Å². The van der Waals surface area contributed by atoms with E-state index in [1.807, 2.05) is 0 Å². The maximum absolute atomic E-state index is 13.7. The smallest absolute Gasteiger partial charge is 0.325 e. The molecule has 36 heavy (non-hydrogen) atoms. The Balaban J connectivity index is 1.95. The van der Waals surface area contributed by atoms with Crippen LogP contribution in [0.3, 0.4) is 0 Å². The molecule has 0 saturated carbocycles. The van der Waals surface area contributed by atoms with Crippen LogP contribution < -0.4 is 5.32 Å². The number of benzene rings is 1. The largest absolute Gasteiger partial charge is 0.465 e. The molecule has 2 heterocycles. The number of carbonyl (C=O) groups excluding carboxylic acids is 3. The monoisotopic (exact) mass is 503 g/mol. The molecule has 1 aromatic heterocycles. The molecule has 0 bridgehead atoms. The van der Waals surface area contributed by atoms with Gasteiger partial charge in [0, 0.05) is 18.6 Å². The van der Waals surface area contributed by atoms with Crippen molar-refractivity contribution in [2.75, 3.05) is 39.5 Å². The van der Waals surface area contributed by atoms with E-state index < -0.39 is 41.7 Å². The number of carbonyl (C=O) groups is 3. The van der Waals surface area contributed by atoms with Gasteiger partial charge in [-0.3, -0.25) is 19.3 Å². The summed E-state index contributed by atoms with van der Waals surface area (Å²) < 4.78 is 29.9. The molecule has 0 aliphatic carbocycles. The average Bonchev–Trinajstić information content (AvgIpc) is 3.27. The fraction of sp³-hybridized carbons (Fsp3) is 0.500. The normalized spacial score (nSPS) is 15.2. The lowest BCUT2D eigenvalue weighted by atomic mass is 10.0. The van der Waals surface area contributed by atoms with Crippen molar-refractivity contribution < 1.29 is 32.7 Å². The van der Waals surface area contributed by atoms with E-state index in [9.17, 15) is 18.8 Å². The molecule has 3 rings (SSSR count). The molecule has 1 atom stereocenters. The minimum Gasteiger partial charge on any atom is -0.465 e. The SMILES string of the molecule is CCOC(=O)CN(C(=O)c1ccc(CN2CCOCC2)o1)[C@@H](C(=O)NC(C)(C)C)c1ccc(F)cc1. The first-order chi connectivity index (χ1) is 17.1. The third-order valence-corrected chi connectivity index (χ3v) is 5.47. The van der Waals surface area contributed by atoms with E-state index in [0.29, 0.717) is 31.1 Å². The van der Waals surface area contributed by atoms with Crippen LogP contribution in [0.5, 0.6) is 0 Å². The van der Waals surface area contributed by atoms with Crippen LogP contribution >= 0.6 is 0 Å². The highest BCUT2D eigenvalue weighted by atomic mass is 19.1. The van der Waals surface area contributed by atoms with E-state index in [1.165, 1.54) is 30.3 Å². The average molecular weight is 504 g/mol. The number of amides is 2. The van der Waals surface area contributed by atoms with Crippen LogP contribution in [0.15, 0.2) is 40.8 Å². The number of esters is 1. The summed E-state index contributed by atoms with van der Waals surface area (Å²) in [5, 5.41) is 2.86. The Morgan fingerprint density at radius 2 is 1.78 bits per heavy atom. The molecule has 9 nitrogen and oxygen atoms in total. The molecule has 1 aliphatic heterocycles. The number of ether oxygens (including phenoxy) is 2. The number of morpholine rings is 1. The van der Waals surface area contributed by atoms with Crippen molar-refractivity contribution in [1.82, 2.24) is 15.1 Å². The van der Waals surface area contributed by atoms with Crippen LogP contribution in [0.4, 0.5) is 4.39 Å². The summed E-state index contributed by atoms with van der Waals surface area (Å²) in [5.74, 6) is -1.79. The van der Waals surface area contributed by atoms with Crippen molar-refractivity contribution in [3.63, 3.8) is 0 Å². The van der Waals surface area contributed by atoms with Gasteiger partial charge in [0.05, 0.1) is 26.4 Å². The predicted octanol–water partition coefficient (Wildman–Crippen LogP) is 2.91. The molecule has 1 N–H and O–H groups in total. The van der Waals surface area contributed by atoms with Crippen LogP contribution in [0.1, 0.15) is 55.6 Å². The lowest BCUT2D eigenvalue weighted by Crippen LogP contribution is -2.50. The van der Waals surface area contributed by atoms with Crippen LogP contribution in [0, 0.1) is 5.82 Å². The number of hydrogen-bond acceptors (Lipinski definition) is 7. The number of nitrogens with one attached hydrogen (secondary N) is 1. The summed E-state index contributed by atoms with van der Waals surface area (Å²) in [6.45, 7) is 9.92. The van der Waals surface area contributed by atoms with E-state index in [4.69, 9.17) is 13.9 Å². The standard InChI is InChI=1S/C26H34FN3O6/c1-5-35-22(31)17-30(23(24(32)28-26(2,3)4)18-6-8-19(27)9-7-18)25(33)21-11-10-20(36-21)16-29-12-14-34-15-13-29/h6-11,23H,5,12-17H2,1-4H3,(H,28,32)/t23-/m1/s1. The van der Waals surface area contributed by atoms with Gasteiger partial charge in [-0.2, -0.15) is 0 Å². The molecular weight excluding hydrogens is 469 g/mol. The summed E-state index contributed by atoms with van der Waals surface area (Å²) >= 11 is 0. The van der Waals surface area contributed by atoms with Crippen molar-refractivity contribution >= 4 is 17.8 Å². The fourth-order valence-corrected chi connectivity index (χ4v) is 3.88. The van der Waals surface area contributed by atoms with E-state index in [0.717, 1.165) is 18.0 Å². The maximum atomic E-state index is 13.7. The molecule has 0 radical (unpaired) electrons. The number of halogens is 1. The Morgan fingerprint density at radius 3 is 2.39 bits per heavy atom. The number of furan rings is 1. The fourth-order valence-electron chi connectivity index (χ4n) is 3.88. The highest BCUT2D eigenvalue weighted by Gasteiger charge is 2.36. The van der Waals surface area contributed by atoms with Crippen molar-refractivity contribution in [2.24, 2.45) is 0 Å². The molecule has 1 aromatic carbocycles. The molecule has 1 saturated heterocycles. The van der Waals surface area contributed by atoms with Crippen LogP contribution in [0.25, 0.3) is 0 Å². The molecule has 196 valence electrons. The number of hydrogen-bond donors (Lipinski definition) is 1. The minimum atomic E-state index is -1.23. The van der Waals surface area contributed by atoms with Crippen molar-refractivity contribution in [3.8, 4) is 0 Å². The van der Waals surface area contributed by atoms with Gasteiger partial charge >= 0.3 is 5.97 Å². The van der Waals surface area contributed by atoms with Gasteiger partial charge in [-0.15, -0.1) is 0 Å². The van der Waals surface area contributed by atoms with Crippen molar-refractivity contribution in [3.05, 3.63) is 59.3 Å². The minimum absolute atomic E-state index is 0.0155. The summed E-state index contributed by atoms with van der Waals surface area (Å²) in [6.07, 6.45) is 0. The van der Waals surface area contributed by atoms with E-state index in [1.54, 1.807) is 33.8 Å². The Labute approximate surface area is 210 Å². The molecule has 2 aromatic rings. The Hall–Kier alpha value is -3.24. The predicted molar refractivity (Wildman–Crippen MR) is 130 cm³/mol. The van der Waals surface area contributed by atoms with Gasteiger partial charge in [0.1, 0.15) is 24.2 Å². The van der Waals surface area contributed by atoms with Crippen molar-refractivity contribution in [1.29, 1.82) is 0 Å². The highest BCUT2D eigenvalue weighted by molar-refractivity contribution is 5.98. The first-order valence-electron chi connectivity index (χ1n) is 12.0. The zero-order valence-electron chi connectivity index (χ0n) is 21.2. The molecule has 0 spiro atoms. The summed E-state index contributed by atoms with van der Waals surface area (Å²) in [6, 6.07) is 7.24. The van der Waals surface area contributed by atoms with Gasteiger partial charge in [-0.05, 0) is 57.5 Å². The molecule has 1 aliphatic rings. The lowest BCUT2D eigenvalue weighted by molar-refractivity contribution is -0.145. The quantitative estimate of drug-likeness (QED) is 0.525. The van der Waals surface area contributed by atoms with Crippen LogP contribution in [-0.4, -0.2) is 72.6 Å². The number of rotatable bonds is 9. The van der Waals surface area contributed by atoms with E-state index in [2.05, 4.69) is 10.2 Å². The second-order valence-corrected chi connectivity index (χ2v) is 9.59. The topological polar surface area (TPSA) is 101 Å². The molecule has 2 amide bonds. The number of nitrogens with zero attached hydrogens (tertiary/aromatic N) is 2. The van der Waals surface area contributed by atoms with Gasteiger partial charge in [0.25, 0.3) is 5.91 Å². The van der Waals surface area contributed by atoms with Gasteiger partial charge in [0.2, 0.25) is 5.91 Å². The van der Waals surface area contributed by atoms with Gasteiger partial charge in [-0.1, -0.05) is 12.1 Å². The Kier molecular flexibility index (Phi) is 9.22. The summed E-state index contributed by atoms with van der Waals surface area (Å²) in [7, 11) is 0. The third kappa shape index (κ3) is 7.63. The maximum Gasteiger partial charge on any atom is 0.325 e. The zero-order valence-corrected chi connectivity index (χ0v) is 21.2. The van der Waals surface area contributed by atoms with E-state index >= 15 is 0 Å². The molecular formula is C26H34FN3O6. The first-order valence-corrected chi connectivity index (χ1v) is 12.0. The van der Waals surface area contributed by atoms with E-state index in [-0.39, 0.29) is 12.4 Å².